The number of anilines is 1. The molecule has 0 bridgehead atoms. The van der Waals surface area contributed by atoms with E-state index in [9.17, 15) is 0 Å². The van der Waals surface area contributed by atoms with Crippen LogP contribution in [0, 0.1) is 0 Å². The molecule has 0 aliphatic carbocycles. The Kier molecular flexibility index (Phi) is 5.00. The largest absolute Gasteiger partial charge is 0.496 e. The molecule has 2 rings (SSSR count). The average molecular weight is 409 g/mol. The molecule has 0 spiro atoms. The molecule has 0 fully saturated rings. The topological polar surface area (TPSA) is 56.3 Å². The fraction of sp³-hybridized carbons (Fsp3) is 0.273. The summed E-state index contributed by atoms with van der Waals surface area (Å²) in [5.41, 5.74) is 0.784. The number of nitrogens with one attached hydrogen (secondary N) is 1. The zero-order chi connectivity index (χ0) is 13.8. The Morgan fingerprint density at radius 2 is 1.95 bits per heavy atom. The highest BCUT2D eigenvalue weighted by Crippen LogP contribution is 2.36. The molecule has 1 heterocycles. The molecule has 0 saturated carbocycles. The Balaban J connectivity index is 2.14. The van der Waals surface area contributed by atoms with Crippen molar-refractivity contribution in [1.29, 1.82) is 0 Å². The van der Waals surface area contributed by atoms with Crippen LogP contribution < -0.4 is 14.8 Å². The molecule has 5 nitrogen and oxygen atoms in total. The van der Waals surface area contributed by atoms with Crippen molar-refractivity contribution in [2.75, 3.05) is 19.5 Å². The van der Waals surface area contributed by atoms with E-state index in [0.29, 0.717) is 12.4 Å². The van der Waals surface area contributed by atoms with Crippen LogP contribution in [-0.2, 0) is 6.61 Å². The number of nitrogens with zero attached hydrogens (tertiary/aromatic N) is 2. The maximum Gasteiger partial charge on any atom is 0.136 e. The Bertz CT molecular complexity index is 577. The van der Waals surface area contributed by atoms with E-state index in [1.165, 1.54) is 11.5 Å². The van der Waals surface area contributed by atoms with E-state index >= 15 is 0 Å². The van der Waals surface area contributed by atoms with Gasteiger partial charge < -0.3 is 14.8 Å². The zero-order valence-electron chi connectivity index (χ0n) is 10.2. The van der Waals surface area contributed by atoms with Gasteiger partial charge in [0.1, 0.15) is 28.8 Å². The number of benzene rings is 1. The number of halogens is 2. The summed E-state index contributed by atoms with van der Waals surface area (Å²) in [6.07, 6.45) is 0. The van der Waals surface area contributed by atoms with E-state index in [0.717, 1.165) is 25.4 Å². The predicted octanol–water partition coefficient (Wildman–Crippen LogP) is 3.69. The third-order valence-electron chi connectivity index (χ3n) is 2.35. The second kappa shape index (κ2) is 6.53. The summed E-state index contributed by atoms with van der Waals surface area (Å²) in [6.45, 7) is 0.351. The normalized spacial score (nSPS) is 10.3. The molecule has 0 radical (unpaired) electrons. The van der Waals surface area contributed by atoms with E-state index in [1.54, 1.807) is 7.11 Å². The fourth-order valence-electron chi connectivity index (χ4n) is 1.42. The molecule has 0 amide bonds. The Hall–Kier alpha value is -0.860. The molecular weight excluding hydrogens is 398 g/mol. The summed E-state index contributed by atoms with van der Waals surface area (Å²) >= 11 is 8.18. The van der Waals surface area contributed by atoms with Crippen LogP contribution in [0.3, 0.4) is 0 Å². The van der Waals surface area contributed by atoms with Gasteiger partial charge in [0, 0.05) is 18.6 Å². The van der Waals surface area contributed by atoms with Crippen LogP contribution in [0.25, 0.3) is 0 Å². The third kappa shape index (κ3) is 3.37. The van der Waals surface area contributed by atoms with Crippen LogP contribution in [0.5, 0.6) is 11.5 Å². The molecule has 1 aromatic carbocycles. The minimum atomic E-state index is 0.351. The number of rotatable bonds is 5. The van der Waals surface area contributed by atoms with E-state index in [1.807, 2.05) is 19.2 Å². The van der Waals surface area contributed by atoms with Crippen LogP contribution >= 0.6 is 43.4 Å². The van der Waals surface area contributed by atoms with Crippen LogP contribution in [0.4, 0.5) is 5.00 Å². The summed E-state index contributed by atoms with van der Waals surface area (Å²) in [6, 6.07) is 3.69. The van der Waals surface area contributed by atoms with E-state index in [2.05, 4.69) is 46.8 Å². The standard InChI is InChI=1S/C11H11Br2N3O2S/c1-14-11-8(15-16-19-11)5-18-10-4-6(12)9(17-2)3-7(10)13/h3-4,14H,5H2,1-2H3. The van der Waals surface area contributed by atoms with Gasteiger partial charge in [-0.25, -0.2) is 0 Å². The minimum absolute atomic E-state index is 0.351. The average Bonchev–Trinajstić information content (AvgIpc) is 2.86. The monoisotopic (exact) mass is 407 g/mol. The molecule has 0 atom stereocenters. The van der Waals surface area contributed by atoms with Crippen molar-refractivity contribution in [3.8, 4) is 11.5 Å². The molecule has 2 aromatic rings. The van der Waals surface area contributed by atoms with Gasteiger partial charge in [0.25, 0.3) is 0 Å². The summed E-state index contributed by atoms with van der Waals surface area (Å²) in [5, 5.41) is 7.95. The van der Waals surface area contributed by atoms with E-state index in [-0.39, 0.29) is 0 Å². The van der Waals surface area contributed by atoms with E-state index < -0.39 is 0 Å². The molecule has 0 unspecified atom stereocenters. The molecule has 19 heavy (non-hydrogen) atoms. The Morgan fingerprint density at radius 3 is 2.63 bits per heavy atom. The molecular formula is C11H11Br2N3O2S. The first-order valence-corrected chi connectivity index (χ1v) is 7.66. The van der Waals surface area contributed by atoms with Crippen LogP contribution in [0.15, 0.2) is 21.1 Å². The molecule has 0 aliphatic heterocycles. The van der Waals surface area contributed by atoms with Crippen molar-refractivity contribution >= 4 is 48.4 Å². The summed E-state index contributed by atoms with van der Waals surface area (Å²) in [5.74, 6) is 1.45. The van der Waals surface area contributed by atoms with Crippen LogP contribution in [0.1, 0.15) is 5.69 Å². The molecule has 0 saturated heterocycles. The number of methoxy groups -OCH3 is 1. The van der Waals surface area contributed by atoms with Crippen LogP contribution in [-0.4, -0.2) is 23.7 Å². The zero-order valence-corrected chi connectivity index (χ0v) is 14.2. The van der Waals surface area contributed by atoms with Crippen molar-refractivity contribution in [3.05, 3.63) is 26.8 Å². The van der Waals surface area contributed by atoms with Gasteiger partial charge in [-0.1, -0.05) is 4.49 Å². The molecule has 1 N–H and O–H groups in total. The number of hydrogen-bond acceptors (Lipinski definition) is 6. The highest BCUT2D eigenvalue weighted by molar-refractivity contribution is 9.11. The van der Waals surface area contributed by atoms with Gasteiger partial charge in [-0.05, 0) is 44.0 Å². The molecule has 1 aromatic heterocycles. The van der Waals surface area contributed by atoms with Crippen LogP contribution in [0.2, 0.25) is 0 Å². The highest BCUT2D eigenvalue weighted by atomic mass is 79.9. The summed E-state index contributed by atoms with van der Waals surface area (Å²) < 4.78 is 16.5. The van der Waals surface area contributed by atoms with Gasteiger partial charge in [-0.3, -0.25) is 0 Å². The second-order valence-corrected chi connectivity index (χ2v) is 5.97. The number of ether oxygens (including phenoxy) is 2. The number of aromatic nitrogens is 2. The SMILES string of the molecule is CNc1snnc1COc1cc(Br)c(OC)cc1Br. The molecule has 8 heteroatoms. The maximum atomic E-state index is 5.74. The second-order valence-electron chi connectivity index (χ2n) is 3.50. The first kappa shape index (κ1) is 14.5. The lowest BCUT2D eigenvalue weighted by Crippen LogP contribution is -2.00. The van der Waals surface area contributed by atoms with Gasteiger partial charge in [-0.2, -0.15) is 0 Å². The third-order valence-corrected chi connectivity index (χ3v) is 4.38. The summed E-state index contributed by atoms with van der Waals surface area (Å²) in [4.78, 5) is 0. The first-order valence-electron chi connectivity index (χ1n) is 5.30. The Morgan fingerprint density at radius 1 is 1.26 bits per heavy atom. The predicted molar refractivity (Wildman–Crippen MR) is 82.2 cm³/mol. The van der Waals surface area contributed by atoms with Crippen molar-refractivity contribution in [3.63, 3.8) is 0 Å². The summed E-state index contributed by atoms with van der Waals surface area (Å²) in [7, 11) is 3.45. The quantitative estimate of drug-likeness (QED) is 0.817. The van der Waals surface area contributed by atoms with Crippen molar-refractivity contribution in [2.24, 2.45) is 0 Å². The lowest BCUT2D eigenvalue weighted by molar-refractivity contribution is 0.298. The van der Waals surface area contributed by atoms with E-state index in [4.69, 9.17) is 9.47 Å². The minimum Gasteiger partial charge on any atom is -0.496 e. The smallest absolute Gasteiger partial charge is 0.136 e. The van der Waals surface area contributed by atoms with Gasteiger partial charge in [-0.15, -0.1) is 5.10 Å². The lowest BCUT2D eigenvalue weighted by atomic mass is 10.3. The van der Waals surface area contributed by atoms with Crippen molar-refractivity contribution in [2.45, 2.75) is 6.61 Å². The van der Waals surface area contributed by atoms with Gasteiger partial charge in [0.05, 0.1) is 16.1 Å². The Labute approximate surface area is 131 Å². The van der Waals surface area contributed by atoms with Gasteiger partial charge in [0.2, 0.25) is 0 Å². The number of hydrogen-bond donors (Lipinski definition) is 1. The lowest BCUT2D eigenvalue weighted by Gasteiger charge is -2.10. The van der Waals surface area contributed by atoms with Crippen molar-refractivity contribution < 1.29 is 9.47 Å². The van der Waals surface area contributed by atoms with Crippen molar-refractivity contribution in [1.82, 2.24) is 9.59 Å². The highest BCUT2D eigenvalue weighted by Gasteiger charge is 2.11. The first-order chi connectivity index (χ1) is 9.15. The van der Waals surface area contributed by atoms with Gasteiger partial charge in [0.15, 0.2) is 0 Å². The maximum absolute atomic E-state index is 5.74. The fourth-order valence-corrected chi connectivity index (χ4v) is 2.85. The molecule has 102 valence electrons. The molecule has 0 aliphatic rings. The van der Waals surface area contributed by atoms with Gasteiger partial charge >= 0.3 is 0 Å².